The summed E-state index contributed by atoms with van der Waals surface area (Å²) < 4.78 is 5.54. The van der Waals surface area contributed by atoms with Crippen LogP contribution < -0.4 is 0 Å². The highest BCUT2D eigenvalue weighted by Crippen LogP contribution is 2.34. The molecule has 2 heterocycles. The van der Waals surface area contributed by atoms with E-state index in [9.17, 15) is 0 Å². The monoisotopic (exact) mass is 285 g/mol. The molecule has 0 aromatic carbocycles. The highest BCUT2D eigenvalue weighted by Gasteiger charge is 2.33. The van der Waals surface area contributed by atoms with E-state index < -0.39 is 0 Å². The van der Waals surface area contributed by atoms with Crippen molar-refractivity contribution in [2.75, 3.05) is 38.6 Å². The Bertz CT molecular complexity index is 253. The summed E-state index contributed by atoms with van der Waals surface area (Å²) >= 11 is 4.64. The van der Waals surface area contributed by atoms with Gasteiger partial charge >= 0.3 is 0 Å². The zero-order chi connectivity index (χ0) is 13.6. The van der Waals surface area contributed by atoms with E-state index in [0.717, 1.165) is 24.9 Å². The van der Waals surface area contributed by atoms with Crippen molar-refractivity contribution < 1.29 is 4.74 Å². The fourth-order valence-electron chi connectivity index (χ4n) is 3.72. The molecule has 2 nitrogen and oxygen atoms in total. The summed E-state index contributed by atoms with van der Waals surface area (Å²) in [4.78, 5) is 2.72. The lowest BCUT2D eigenvalue weighted by Crippen LogP contribution is -2.43. The van der Waals surface area contributed by atoms with Gasteiger partial charge in [-0.05, 0) is 62.3 Å². The van der Waals surface area contributed by atoms with Crippen LogP contribution in [0.4, 0.5) is 0 Å². The van der Waals surface area contributed by atoms with Crippen LogP contribution in [0, 0.1) is 11.3 Å². The molecule has 1 unspecified atom stereocenters. The second-order valence-electron chi connectivity index (χ2n) is 6.63. The van der Waals surface area contributed by atoms with Crippen molar-refractivity contribution in [1.82, 2.24) is 4.90 Å². The lowest BCUT2D eigenvalue weighted by atomic mass is 9.81. The van der Waals surface area contributed by atoms with Crippen molar-refractivity contribution in [3.8, 4) is 0 Å². The number of nitrogens with zero attached hydrogens (tertiary/aromatic N) is 1. The van der Waals surface area contributed by atoms with Crippen LogP contribution in [0.5, 0.6) is 0 Å². The first kappa shape index (κ1) is 15.7. The van der Waals surface area contributed by atoms with Gasteiger partial charge in [-0.1, -0.05) is 19.8 Å². The standard InChI is InChI=1S/C16H31NOS/c1-2-4-15-5-3-9-17(10-6-15)13-16(14-19)7-11-18-12-8-16/h15,19H,2-14H2,1H3. The number of ether oxygens (including phenoxy) is 1. The maximum absolute atomic E-state index is 5.54. The van der Waals surface area contributed by atoms with Crippen molar-refractivity contribution >= 4 is 12.6 Å². The van der Waals surface area contributed by atoms with Gasteiger partial charge in [-0.25, -0.2) is 0 Å². The van der Waals surface area contributed by atoms with E-state index in [0.29, 0.717) is 5.41 Å². The van der Waals surface area contributed by atoms with Crippen LogP contribution in [-0.2, 0) is 4.74 Å². The third-order valence-electron chi connectivity index (χ3n) is 5.09. The molecule has 0 spiro atoms. The van der Waals surface area contributed by atoms with Gasteiger partial charge in [0, 0.05) is 19.8 Å². The number of hydrogen-bond donors (Lipinski definition) is 1. The molecule has 0 radical (unpaired) electrons. The first-order chi connectivity index (χ1) is 9.28. The number of likely N-dealkylation sites (tertiary alicyclic amines) is 1. The van der Waals surface area contributed by atoms with E-state index in [1.165, 1.54) is 64.6 Å². The molecule has 19 heavy (non-hydrogen) atoms. The summed E-state index contributed by atoms with van der Waals surface area (Å²) in [6, 6.07) is 0. The Balaban J connectivity index is 1.84. The highest BCUT2D eigenvalue weighted by atomic mass is 32.1. The fraction of sp³-hybridized carbons (Fsp3) is 1.00. The van der Waals surface area contributed by atoms with Gasteiger partial charge in [0.1, 0.15) is 0 Å². The lowest BCUT2D eigenvalue weighted by Gasteiger charge is -2.40. The largest absolute Gasteiger partial charge is 0.381 e. The van der Waals surface area contributed by atoms with Crippen molar-refractivity contribution in [2.24, 2.45) is 11.3 Å². The Morgan fingerprint density at radius 1 is 1.21 bits per heavy atom. The van der Waals surface area contributed by atoms with E-state index in [4.69, 9.17) is 4.74 Å². The molecule has 112 valence electrons. The molecule has 0 bridgehead atoms. The minimum absolute atomic E-state index is 0.423. The minimum atomic E-state index is 0.423. The van der Waals surface area contributed by atoms with Crippen LogP contribution in [0.25, 0.3) is 0 Å². The predicted molar refractivity (Wildman–Crippen MR) is 85.0 cm³/mol. The predicted octanol–water partition coefficient (Wildman–Crippen LogP) is 3.62. The van der Waals surface area contributed by atoms with E-state index in [2.05, 4.69) is 24.5 Å². The summed E-state index contributed by atoms with van der Waals surface area (Å²) in [6.45, 7) is 8.05. The average molecular weight is 285 g/mol. The third kappa shape index (κ3) is 4.64. The topological polar surface area (TPSA) is 12.5 Å². The van der Waals surface area contributed by atoms with Gasteiger partial charge in [-0.3, -0.25) is 0 Å². The van der Waals surface area contributed by atoms with E-state index >= 15 is 0 Å². The second-order valence-corrected chi connectivity index (χ2v) is 6.95. The zero-order valence-electron chi connectivity index (χ0n) is 12.6. The van der Waals surface area contributed by atoms with Crippen molar-refractivity contribution in [2.45, 2.75) is 51.9 Å². The average Bonchev–Trinajstić information content (AvgIpc) is 2.66. The zero-order valence-corrected chi connectivity index (χ0v) is 13.5. The van der Waals surface area contributed by atoms with Crippen molar-refractivity contribution in [1.29, 1.82) is 0 Å². The van der Waals surface area contributed by atoms with Crippen molar-refractivity contribution in [3.63, 3.8) is 0 Å². The lowest BCUT2D eigenvalue weighted by molar-refractivity contribution is 0.00808. The van der Waals surface area contributed by atoms with Gasteiger partial charge in [-0.15, -0.1) is 0 Å². The van der Waals surface area contributed by atoms with Gasteiger partial charge < -0.3 is 9.64 Å². The molecule has 2 aliphatic heterocycles. The Morgan fingerprint density at radius 3 is 2.68 bits per heavy atom. The molecule has 0 aliphatic carbocycles. The summed E-state index contributed by atoms with van der Waals surface area (Å²) in [5.74, 6) is 2.00. The first-order valence-corrected chi connectivity index (χ1v) is 8.82. The normalized spacial score (nSPS) is 29.1. The Hall–Kier alpha value is 0.270. The van der Waals surface area contributed by atoms with Gasteiger partial charge in [0.15, 0.2) is 0 Å². The van der Waals surface area contributed by atoms with Crippen LogP contribution in [0.3, 0.4) is 0 Å². The smallest absolute Gasteiger partial charge is 0.0472 e. The second kappa shape index (κ2) is 7.90. The van der Waals surface area contributed by atoms with Crippen LogP contribution in [0.2, 0.25) is 0 Å². The third-order valence-corrected chi connectivity index (χ3v) is 5.76. The van der Waals surface area contributed by atoms with Crippen LogP contribution >= 0.6 is 12.6 Å². The summed E-state index contributed by atoms with van der Waals surface area (Å²) in [5, 5.41) is 0. The van der Waals surface area contributed by atoms with Crippen molar-refractivity contribution in [3.05, 3.63) is 0 Å². The molecular formula is C16H31NOS. The van der Waals surface area contributed by atoms with E-state index in [1.54, 1.807) is 0 Å². The first-order valence-electron chi connectivity index (χ1n) is 8.19. The van der Waals surface area contributed by atoms with E-state index in [-0.39, 0.29) is 0 Å². The summed E-state index contributed by atoms with van der Waals surface area (Å²) in [5.41, 5.74) is 0.423. The van der Waals surface area contributed by atoms with Gasteiger partial charge in [-0.2, -0.15) is 12.6 Å². The number of hydrogen-bond acceptors (Lipinski definition) is 3. The maximum atomic E-state index is 5.54. The van der Waals surface area contributed by atoms with Gasteiger partial charge in [0.2, 0.25) is 0 Å². The number of thiol groups is 1. The Labute approximate surface area is 124 Å². The molecule has 2 saturated heterocycles. The van der Waals surface area contributed by atoms with Gasteiger partial charge in [0.25, 0.3) is 0 Å². The Morgan fingerprint density at radius 2 is 2.00 bits per heavy atom. The number of rotatable bonds is 5. The van der Waals surface area contributed by atoms with Crippen LogP contribution in [-0.4, -0.2) is 43.5 Å². The summed E-state index contributed by atoms with van der Waals surface area (Å²) in [7, 11) is 0. The highest BCUT2D eigenvalue weighted by molar-refractivity contribution is 7.80. The molecule has 3 heteroatoms. The molecule has 0 N–H and O–H groups in total. The maximum Gasteiger partial charge on any atom is 0.0472 e. The molecule has 0 aromatic rings. The quantitative estimate of drug-likeness (QED) is 0.775. The molecule has 0 amide bonds. The molecule has 1 atom stereocenters. The van der Waals surface area contributed by atoms with Gasteiger partial charge in [0.05, 0.1) is 0 Å². The SMILES string of the molecule is CCCC1CCCN(CC2(CS)CCOCC2)CC1. The molecular weight excluding hydrogens is 254 g/mol. The summed E-state index contributed by atoms with van der Waals surface area (Å²) in [6.07, 6.45) is 9.43. The minimum Gasteiger partial charge on any atom is -0.381 e. The molecule has 2 rings (SSSR count). The van der Waals surface area contributed by atoms with Crippen LogP contribution in [0.1, 0.15) is 51.9 Å². The van der Waals surface area contributed by atoms with E-state index in [1.807, 2.05) is 0 Å². The Kier molecular flexibility index (Phi) is 6.51. The molecule has 2 aliphatic rings. The van der Waals surface area contributed by atoms with Crippen LogP contribution in [0.15, 0.2) is 0 Å². The molecule has 0 saturated carbocycles. The molecule has 0 aromatic heterocycles. The molecule has 2 fully saturated rings. The fourth-order valence-corrected chi connectivity index (χ4v) is 4.14.